The molecule has 0 bridgehead atoms. The number of hydrogen-bond acceptors (Lipinski definition) is 8. The SMILES string of the molecule is Cc1cccc(C)c1C[C@H](NC(=O)[C@H](N)CCCN=C(N)N)C(=O)N/C(=C/c1cnc[nH]1)c1nc(CC2CCCC2)no1. The Bertz CT molecular complexity index is 1400. The number of benzene rings is 1. The van der Waals surface area contributed by atoms with Crippen LogP contribution in [-0.4, -0.2) is 56.5 Å². The molecule has 0 spiro atoms. The van der Waals surface area contributed by atoms with E-state index >= 15 is 0 Å². The Morgan fingerprint density at radius 1 is 1.19 bits per heavy atom. The zero-order chi connectivity index (χ0) is 30.8. The van der Waals surface area contributed by atoms with Crippen molar-refractivity contribution in [3.05, 3.63) is 64.8 Å². The van der Waals surface area contributed by atoms with Gasteiger partial charge in [-0.15, -0.1) is 0 Å². The van der Waals surface area contributed by atoms with Crippen molar-refractivity contribution in [2.45, 2.75) is 77.3 Å². The Labute approximate surface area is 251 Å². The number of aliphatic imine (C=N–C) groups is 1. The minimum absolute atomic E-state index is 0.0192. The smallest absolute Gasteiger partial charge is 0.274 e. The van der Waals surface area contributed by atoms with E-state index in [1.165, 1.54) is 19.2 Å². The predicted molar refractivity (Wildman–Crippen MR) is 164 cm³/mol. The normalized spacial score (nSPS) is 15.2. The molecule has 0 saturated heterocycles. The van der Waals surface area contributed by atoms with Gasteiger partial charge in [0.1, 0.15) is 11.7 Å². The van der Waals surface area contributed by atoms with Crippen LogP contribution in [-0.2, 0) is 22.4 Å². The highest BCUT2D eigenvalue weighted by molar-refractivity contribution is 5.96. The van der Waals surface area contributed by atoms with Crippen molar-refractivity contribution in [2.24, 2.45) is 28.1 Å². The number of amides is 2. The van der Waals surface area contributed by atoms with Crippen LogP contribution in [0.4, 0.5) is 0 Å². The second-order valence-corrected chi connectivity index (χ2v) is 11.1. The Morgan fingerprint density at radius 3 is 2.60 bits per heavy atom. The van der Waals surface area contributed by atoms with Gasteiger partial charge in [0.15, 0.2) is 11.8 Å². The van der Waals surface area contributed by atoms with Crippen LogP contribution in [0, 0.1) is 19.8 Å². The first-order valence-corrected chi connectivity index (χ1v) is 14.7. The van der Waals surface area contributed by atoms with Crippen LogP contribution in [0.5, 0.6) is 0 Å². The molecule has 3 aromatic rings. The number of aromatic amines is 1. The number of carbonyl (C=O) groups excluding carboxylic acids is 2. The number of aryl methyl sites for hydroxylation is 2. The van der Waals surface area contributed by atoms with Crippen molar-refractivity contribution in [3.8, 4) is 0 Å². The first kappa shape index (κ1) is 31.4. The summed E-state index contributed by atoms with van der Waals surface area (Å²) in [6.07, 6.45) is 11.4. The van der Waals surface area contributed by atoms with Crippen molar-refractivity contribution < 1.29 is 14.1 Å². The summed E-state index contributed by atoms with van der Waals surface area (Å²) in [6, 6.07) is 4.11. The van der Waals surface area contributed by atoms with E-state index in [1.807, 2.05) is 32.0 Å². The van der Waals surface area contributed by atoms with E-state index in [-0.39, 0.29) is 18.3 Å². The monoisotopic (exact) mass is 590 g/mol. The third kappa shape index (κ3) is 9.23. The summed E-state index contributed by atoms with van der Waals surface area (Å²) in [7, 11) is 0. The molecule has 43 heavy (non-hydrogen) atoms. The minimum atomic E-state index is -0.942. The van der Waals surface area contributed by atoms with Crippen molar-refractivity contribution in [2.75, 3.05) is 6.54 Å². The van der Waals surface area contributed by atoms with E-state index < -0.39 is 23.9 Å². The number of nitrogens with zero attached hydrogens (tertiary/aromatic N) is 4. The predicted octanol–water partition coefficient (Wildman–Crippen LogP) is 1.86. The molecule has 2 aromatic heterocycles. The molecule has 1 aliphatic carbocycles. The van der Waals surface area contributed by atoms with Crippen molar-refractivity contribution in [1.82, 2.24) is 30.7 Å². The Hall–Kier alpha value is -4.52. The van der Waals surface area contributed by atoms with Crippen molar-refractivity contribution in [1.29, 1.82) is 0 Å². The van der Waals surface area contributed by atoms with Crippen molar-refractivity contribution in [3.63, 3.8) is 0 Å². The largest absolute Gasteiger partial charge is 0.370 e. The minimum Gasteiger partial charge on any atom is -0.370 e. The van der Waals surface area contributed by atoms with E-state index in [1.54, 1.807) is 12.3 Å². The number of imidazole rings is 1. The summed E-state index contributed by atoms with van der Waals surface area (Å²) in [5.41, 5.74) is 20.8. The maximum Gasteiger partial charge on any atom is 0.274 e. The van der Waals surface area contributed by atoms with E-state index in [4.69, 9.17) is 21.7 Å². The molecule has 13 heteroatoms. The second kappa shape index (κ2) is 15.1. The van der Waals surface area contributed by atoms with E-state index in [9.17, 15) is 9.59 Å². The lowest BCUT2D eigenvalue weighted by Gasteiger charge is -2.22. The Balaban J connectivity index is 1.55. The molecule has 2 atom stereocenters. The third-order valence-electron chi connectivity index (χ3n) is 7.71. The number of hydrogen-bond donors (Lipinski definition) is 6. The van der Waals surface area contributed by atoms with Gasteiger partial charge >= 0.3 is 0 Å². The summed E-state index contributed by atoms with van der Waals surface area (Å²) in [5.74, 6) is 0.370. The maximum atomic E-state index is 13.9. The fraction of sp³-hybridized carbons (Fsp3) is 0.467. The molecule has 1 aromatic carbocycles. The fourth-order valence-corrected chi connectivity index (χ4v) is 5.30. The van der Waals surface area contributed by atoms with Gasteiger partial charge in [0.25, 0.3) is 5.89 Å². The zero-order valence-corrected chi connectivity index (χ0v) is 24.8. The van der Waals surface area contributed by atoms with Gasteiger partial charge in [0.05, 0.1) is 24.3 Å². The standard InChI is InChI=1S/C30H42N10O3/c1-18-7-5-8-19(2)22(18)15-24(37-27(41)23(31)11-6-12-35-30(32)33)28(42)38-25(14-21-16-34-17-36-21)29-39-26(40-43-29)13-20-9-3-4-10-20/h5,7-8,14,16-17,20,23-24H,3-4,6,9-13,15,31H2,1-2H3,(H,34,36)(H,37,41)(H,38,42)(H4,32,33,35)/b25-14+/t23-,24+/m1/s1. The molecule has 4 rings (SSSR count). The van der Waals surface area contributed by atoms with Crippen LogP contribution in [0.25, 0.3) is 11.8 Å². The van der Waals surface area contributed by atoms with Gasteiger partial charge in [-0.25, -0.2) is 4.98 Å². The molecule has 2 heterocycles. The van der Waals surface area contributed by atoms with Gasteiger partial charge in [-0.2, -0.15) is 4.98 Å². The highest BCUT2D eigenvalue weighted by atomic mass is 16.5. The van der Waals surface area contributed by atoms with Gasteiger partial charge in [-0.3, -0.25) is 14.6 Å². The average molecular weight is 591 g/mol. The molecule has 1 aliphatic rings. The molecule has 13 nitrogen and oxygen atoms in total. The number of guanidine groups is 1. The van der Waals surface area contributed by atoms with Crippen LogP contribution in [0.2, 0.25) is 0 Å². The van der Waals surface area contributed by atoms with Crippen LogP contribution in [0.15, 0.2) is 40.2 Å². The Kier molecular flexibility index (Phi) is 11.0. The lowest BCUT2D eigenvalue weighted by atomic mass is 9.95. The first-order valence-electron chi connectivity index (χ1n) is 14.7. The van der Waals surface area contributed by atoms with Crippen LogP contribution in [0.3, 0.4) is 0 Å². The molecule has 9 N–H and O–H groups in total. The van der Waals surface area contributed by atoms with Crippen LogP contribution in [0.1, 0.15) is 72.6 Å². The number of H-pyrrole nitrogens is 1. The quantitative estimate of drug-likeness (QED) is 0.0916. The lowest BCUT2D eigenvalue weighted by molar-refractivity contribution is -0.129. The number of carbonyl (C=O) groups is 2. The summed E-state index contributed by atoms with van der Waals surface area (Å²) < 4.78 is 5.60. The number of aromatic nitrogens is 4. The Morgan fingerprint density at radius 2 is 1.93 bits per heavy atom. The number of nitrogens with two attached hydrogens (primary N) is 3. The molecule has 0 radical (unpaired) electrons. The van der Waals surface area contributed by atoms with Gasteiger partial charge in [-0.1, -0.05) is 49.0 Å². The molecular formula is C30H42N10O3. The molecular weight excluding hydrogens is 548 g/mol. The highest BCUT2D eigenvalue weighted by Crippen LogP contribution is 2.27. The molecule has 0 unspecified atom stereocenters. The lowest BCUT2D eigenvalue weighted by Crippen LogP contribution is -2.52. The summed E-state index contributed by atoms with van der Waals surface area (Å²) in [5, 5.41) is 9.96. The average Bonchev–Trinajstić information content (AvgIpc) is 3.76. The fourth-order valence-electron chi connectivity index (χ4n) is 5.30. The molecule has 1 fully saturated rings. The second-order valence-electron chi connectivity index (χ2n) is 11.1. The molecule has 0 aliphatic heterocycles. The van der Waals surface area contributed by atoms with Gasteiger partial charge < -0.3 is 37.3 Å². The van der Waals surface area contributed by atoms with Crippen LogP contribution >= 0.6 is 0 Å². The zero-order valence-electron chi connectivity index (χ0n) is 24.8. The first-order chi connectivity index (χ1) is 20.7. The molecule has 2 amide bonds. The van der Waals surface area contributed by atoms with Gasteiger partial charge in [-0.05, 0) is 55.4 Å². The maximum absolute atomic E-state index is 13.9. The van der Waals surface area contributed by atoms with Crippen molar-refractivity contribution >= 4 is 29.5 Å². The highest BCUT2D eigenvalue weighted by Gasteiger charge is 2.27. The third-order valence-corrected chi connectivity index (χ3v) is 7.71. The van der Waals surface area contributed by atoms with Crippen LogP contribution < -0.4 is 27.8 Å². The topological polar surface area (TPSA) is 216 Å². The molecule has 1 saturated carbocycles. The van der Waals surface area contributed by atoms with E-state index in [0.29, 0.717) is 42.5 Å². The van der Waals surface area contributed by atoms with E-state index in [2.05, 4.69) is 35.7 Å². The van der Waals surface area contributed by atoms with Gasteiger partial charge in [0, 0.05) is 19.4 Å². The number of nitrogens with one attached hydrogen (secondary N) is 3. The molecule has 230 valence electrons. The number of rotatable bonds is 14. The summed E-state index contributed by atoms with van der Waals surface area (Å²) in [6.45, 7) is 4.30. The summed E-state index contributed by atoms with van der Waals surface area (Å²) in [4.78, 5) is 42.6. The summed E-state index contributed by atoms with van der Waals surface area (Å²) >= 11 is 0. The van der Waals surface area contributed by atoms with E-state index in [0.717, 1.165) is 36.0 Å². The van der Waals surface area contributed by atoms with Gasteiger partial charge in [0.2, 0.25) is 11.8 Å².